The summed E-state index contributed by atoms with van der Waals surface area (Å²) in [4.78, 5) is 11.3. The van der Waals surface area contributed by atoms with Crippen molar-refractivity contribution >= 4 is 5.91 Å². The summed E-state index contributed by atoms with van der Waals surface area (Å²) in [6.45, 7) is 4.73. The highest BCUT2D eigenvalue weighted by molar-refractivity contribution is 5.76. The molecular formula is C11H22N2O2. The Morgan fingerprint density at radius 1 is 1.47 bits per heavy atom. The third kappa shape index (κ3) is 3.80. The van der Waals surface area contributed by atoms with Crippen molar-refractivity contribution in [2.75, 3.05) is 13.2 Å². The molecule has 1 rings (SSSR count). The van der Waals surface area contributed by atoms with E-state index in [2.05, 4.69) is 10.6 Å². The van der Waals surface area contributed by atoms with Gasteiger partial charge < -0.3 is 15.7 Å². The summed E-state index contributed by atoms with van der Waals surface area (Å²) in [5.41, 5.74) is -0.0852. The Labute approximate surface area is 91.4 Å². The first-order valence-electron chi connectivity index (χ1n) is 5.73. The van der Waals surface area contributed by atoms with Crippen molar-refractivity contribution in [3.8, 4) is 0 Å². The number of aliphatic hydroxyl groups excluding tert-OH is 1. The SMILES string of the molecule is CC(C)NC(=O)CCNC1(CO)CCC1. The summed E-state index contributed by atoms with van der Waals surface area (Å²) in [6, 6.07) is 0.202. The van der Waals surface area contributed by atoms with Crippen LogP contribution in [0.4, 0.5) is 0 Å². The Morgan fingerprint density at radius 3 is 2.53 bits per heavy atom. The molecule has 0 atom stereocenters. The lowest BCUT2D eigenvalue weighted by molar-refractivity contribution is -0.121. The molecule has 15 heavy (non-hydrogen) atoms. The van der Waals surface area contributed by atoms with Crippen LogP contribution in [0.2, 0.25) is 0 Å². The summed E-state index contributed by atoms with van der Waals surface area (Å²) >= 11 is 0. The Kier molecular flexibility index (Phi) is 4.54. The van der Waals surface area contributed by atoms with Crippen molar-refractivity contribution in [3.05, 3.63) is 0 Å². The minimum Gasteiger partial charge on any atom is -0.394 e. The fourth-order valence-electron chi connectivity index (χ4n) is 1.83. The van der Waals surface area contributed by atoms with Gasteiger partial charge in [0.15, 0.2) is 0 Å². The zero-order valence-corrected chi connectivity index (χ0v) is 9.68. The average molecular weight is 214 g/mol. The zero-order valence-electron chi connectivity index (χ0n) is 9.68. The van der Waals surface area contributed by atoms with Gasteiger partial charge in [-0.3, -0.25) is 4.79 Å². The van der Waals surface area contributed by atoms with Crippen molar-refractivity contribution in [1.29, 1.82) is 0 Å². The van der Waals surface area contributed by atoms with Crippen LogP contribution in [0.25, 0.3) is 0 Å². The van der Waals surface area contributed by atoms with Gasteiger partial charge in [-0.15, -0.1) is 0 Å². The van der Waals surface area contributed by atoms with E-state index in [4.69, 9.17) is 0 Å². The average Bonchev–Trinajstić information content (AvgIpc) is 2.08. The number of aliphatic hydroxyl groups is 1. The van der Waals surface area contributed by atoms with Crippen LogP contribution >= 0.6 is 0 Å². The van der Waals surface area contributed by atoms with Crippen molar-refractivity contribution in [2.24, 2.45) is 0 Å². The molecule has 4 heteroatoms. The van der Waals surface area contributed by atoms with E-state index in [0.717, 1.165) is 12.8 Å². The maximum absolute atomic E-state index is 11.3. The maximum Gasteiger partial charge on any atom is 0.221 e. The van der Waals surface area contributed by atoms with E-state index >= 15 is 0 Å². The smallest absolute Gasteiger partial charge is 0.221 e. The number of nitrogens with one attached hydrogen (secondary N) is 2. The molecule has 0 bridgehead atoms. The molecule has 1 aliphatic carbocycles. The van der Waals surface area contributed by atoms with Gasteiger partial charge in [-0.2, -0.15) is 0 Å². The van der Waals surface area contributed by atoms with Crippen molar-refractivity contribution < 1.29 is 9.90 Å². The lowest BCUT2D eigenvalue weighted by atomic mass is 9.77. The van der Waals surface area contributed by atoms with Crippen LogP contribution < -0.4 is 10.6 Å². The maximum atomic E-state index is 11.3. The van der Waals surface area contributed by atoms with Crippen LogP contribution in [0.3, 0.4) is 0 Å². The van der Waals surface area contributed by atoms with Gasteiger partial charge in [-0.05, 0) is 33.1 Å². The summed E-state index contributed by atoms with van der Waals surface area (Å²) < 4.78 is 0. The molecule has 0 aromatic rings. The molecule has 0 aromatic carbocycles. The van der Waals surface area contributed by atoms with E-state index in [1.54, 1.807) is 0 Å². The van der Waals surface area contributed by atoms with Gasteiger partial charge in [0.1, 0.15) is 0 Å². The molecule has 0 unspecified atom stereocenters. The Balaban J connectivity index is 2.12. The molecule has 4 nitrogen and oxygen atoms in total. The van der Waals surface area contributed by atoms with Crippen molar-refractivity contribution in [2.45, 2.75) is 51.1 Å². The first kappa shape index (κ1) is 12.5. The van der Waals surface area contributed by atoms with Crippen molar-refractivity contribution in [3.63, 3.8) is 0 Å². The normalized spacial score (nSPS) is 18.7. The monoisotopic (exact) mass is 214 g/mol. The Bertz CT molecular complexity index is 207. The van der Waals surface area contributed by atoms with E-state index in [-0.39, 0.29) is 24.1 Å². The van der Waals surface area contributed by atoms with Crippen LogP contribution in [-0.4, -0.2) is 35.7 Å². The topological polar surface area (TPSA) is 61.4 Å². The molecule has 1 aliphatic rings. The second kappa shape index (κ2) is 5.47. The van der Waals surface area contributed by atoms with Crippen LogP contribution in [0.5, 0.6) is 0 Å². The molecule has 0 spiro atoms. The molecule has 0 heterocycles. The van der Waals surface area contributed by atoms with Crippen molar-refractivity contribution in [1.82, 2.24) is 10.6 Å². The standard InChI is InChI=1S/C11H22N2O2/c1-9(2)13-10(15)4-7-12-11(8-14)5-3-6-11/h9,12,14H,3-8H2,1-2H3,(H,13,15). The predicted molar refractivity (Wildman–Crippen MR) is 59.6 cm³/mol. The molecule has 1 amide bonds. The first-order valence-corrected chi connectivity index (χ1v) is 5.73. The number of carbonyl (C=O) groups excluding carboxylic acids is 1. The third-order valence-corrected chi connectivity index (χ3v) is 2.92. The van der Waals surface area contributed by atoms with Gasteiger partial charge in [0, 0.05) is 24.5 Å². The summed E-state index contributed by atoms with van der Waals surface area (Å²) in [5.74, 6) is 0.0740. The zero-order chi connectivity index (χ0) is 11.3. The molecule has 0 radical (unpaired) electrons. The highest BCUT2D eigenvalue weighted by Gasteiger charge is 2.35. The Morgan fingerprint density at radius 2 is 2.13 bits per heavy atom. The van der Waals surface area contributed by atoms with Crippen LogP contribution in [0.1, 0.15) is 39.5 Å². The second-order valence-corrected chi connectivity index (χ2v) is 4.69. The number of amides is 1. The number of hydrogen-bond donors (Lipinski definition) is 3. The van der Waals surface area contributed by atoms with E-state index < -0.39 is 0 Å². The molecule has 88 valence electrons. The van der Waals surface area contributed by atoms with E-state index in [9.17, 15) is 9.90 Å². The molecule has 1 saturated carbocycles. The fourth-order valence-corrected chi connectivity index (χ4v) is 1.83. The number of hydrogen-bond acceptors (Lipinski definition) is 3. The van der Waals surface area contributed by atoms with E-state index in [1.165, 1.54) is 6.42 Å². The number of rotatable bonds is 6. The van der Waals surface area contributed by atoms with Gasteiger partial charge in [0.05, 0.1) is 6.61 Å². The van der Waals surface area contributed by atoms with Gasteiger partial charge in [-0.25, -0.2) is 0 Å². The summed E-state index contributed by atoms with van der Waals surface area (Å²) in [7, 11) is 0. The summed E-state index contributed by atoms with van der Waals surface area (Å²) in [5, 5.41) is 15.3. The second-order valence-electron chi connectivity index (χ2n) is 4.69. The lowest BCUT2D eigenvalue weighted by Gasteiger charge is -2.41. The summed E-state index contributed by atoms with van der Waals surface area (Å²) in [6.07, 6.45) is 3.70. The molecule has 1 fully saturated rings. The van der Waals surface area contributed by atoms with Crippen LogP contribution in [0, 0.1) is 0 Å². The lowest BCUT2D eigenvalue weighted by Crippen LogP contribution is -2.54. The van der Waals surface area contributed by atoms with E-state index in [0.29, 0.717) is 13.0 Å². The minimum atomic E-state index is -0.0852. The van der Waals surface area contributed by atoms with Gasteiger partial charge in [0.2, 0.25) is 5.91 Å². The Hall–Kier alpha value is -0.610. The van der Waals surface area contributed by atoms with E-state index in [1.807, 2.05) is 13.8 Å². The fraction of sp³-hybridized carbons (Fsp3) is 0.909. The van der Waals surface area contributed by atoms with Gasteiger partial charge in [-0.1, -0.05) is 0 Å². The predicted octanol–water partition coefficient (Wildman–Crippen LogP) is 0.406. The van der Waals surface area contributed by atoms with Crippen LogP contribution in [-0.2, 0) is 4.79 Å². The van der Waals surface area contributed by atoms with Crippen LogP contribution in [0.15, 0.2) is 0 Å². The number of carbonyl (C=O) groups is 1. The molecular weight excluding hydrogens is 192 g/mol. The highest BCUT2D eigenvalue weighted by Crippen LogP contribution is 2.30. The minimum absolute atomic E-state index is 0.0740. The quantitative estimate of drug-likeness (QED) is 0.600. The molecule has 0 aromatic heterocycles. The first-order chi connectivity index (χ1) is 7.08. The molecule has 3 N–H and O–H groups in total. The van der Waals surface area contributed by atoms with Gasteiger partial charge in [0.25, 0.3) is 0 Å². The highest BCUT2D eigenvalue weighted by atomic mass is 16.3. The molecule has 0 aliphatic heterocycles. The van der Waals surface area contributed by atoms with Gasteiger partial charge >= 0.3 is 0 Å². The largest absolute Gasteiger partial charge is 0.394 e. The molecule has 0 saturated heterocycles. The third-order valence-electron chi connectivity index (χ3n) is 2.92.